The van der Waals surface area contributed by atoms with E-state index in [4.69, 9.17) is 0 Å². The first kappa shape index (κ1) is 11.9. The van der Waals surface area contributed by atoms with E-state index in [1.54, 1.807) is 0 Å². The second kappa shape index (κ2) is 5.55. The molecule has 0 heterocycles. The molecular weight excluding hydrogens is 150 g/mol. The predicted octanol–water partition coefficient (Wildman–Crippen LogP) is 1.93. The summed E-state index contributed by atoms with van der Waals surface area (Å²) in [4.78, 5) is 0. The number of hydrogen-bond acceptors (Lipinski definition) is 2. The molecule has 0 aliphatic rings. The zero-order valence-electron chi connectivity index (χ0n) is 8.85. The molecule has 0 aromatic heterocycles. The minimum atomic E-state index is -0.582. The Bertz CT molecular complexity index is 107. The molecular formula is C10H23NO. The lowest BCUT2D eigenvalue weighted by Gasteiger charge is -2.23. The smallest absolute Gasteiger partial charge is 0.0715 e. The second-order valence-corrected chi connectivity index (χ2v) is 4.09. The van der Waals surface area contributed by atoms with Gasteiger partial charge in [0.1, 0.15) is 0 Å². The Balaban J connectivity index is 3.58. The van der Waals surface area contributed by atoms with Gasteiger partial charge >= 0.3 is 0 Å². The van der Waals surface area contributed by atoms with Crippen LogP contribution in [0.3, 0.4) is 0 Å². The summed E-state index contributed by atoms with van der Waals surface area (Å²) in [6, 6.07) is 0.571. The average molecular weight is 173 g/mol. The van der Waals surface area contributed by atoms with Crippen LogP contribution in [-0.2, 0) is 0 Å². The third-order valence-electron chi connectivity index (χ3n) is 1.95. The topological polar surface area (TPSA) is 32.3 Å². The van der Waals surface area contributed by atoms with Gasteiger partial charge in [-0.25, -0.2) is 0 Å². The average Bonchev–Trinajstić information content (AvgIpc) is 1.96. The van der Waals surface area contributed by atoms with Crippen molar-refractivity contribution in [3.05, 3.63) is 0 Å². The molecule has 0 aliphatic carbocycles. The van der Waals surface area contributed by atoms with Crippen LogP contribution in [0.15, 0.2) is 0 Å². The maximum atomic E-state index is 9.47. The van der Waals surface area contributed by atoms with E-state index in [1.165, 1.54) is 12.8 Å². The quantitative estimate of drug-likeness (QED) is 0.643. The van der Waals surface area contributed by atoms with Crippen LogP contribution in [0, 0.1) is 0 Å². The van der Waals surface area contributed by atoms with Crippen molar-refractivity contribution in [1.29, 1.82) is 0 Å². The Hall–Kier alpha value is -0.0800. The van der Waals surface area contributed by atoms with Crippen LogP contribution in [-0.4, -0.2) is 23.3 Å². The Kier molecular flexibility index (Phi) is 5.51. The molecule has 2 N–H and O–H groups in total. The van der Waals surface area contributed by atoms with Crippen molar-refractivity contribution in [2.24, 2.45) is 0 Å². The van der Waals surface area contributed by atoms with Crippen molar-refractivity contribution in [3.8, 4) is 0 Å². The molecule has 2 heteroatoms. The number of nitrogens with one attached hydrogen (secondary N) is 1. The first-order valence-corrected chi connectivity index (χ1v) is 4.95. The van der Waals surface area contributed by atoms with E-state index in [1.807, 2.05) is 13.8 Å². The van der Waals surface area contributed by atoms with Gasteiger partial charge in [0.25, 0.3) is 0 Å². The van der Waals surface area contributed by atoms with Crippen LogP contribution in [0.25, 0.3) is 0 Å². The predicted molar refractivity (Wildman–Crippen MR) is 53.3 cm³/mol. The molecule has 0 aromatic rings. The second-order valence-electron chi connectivity index (χ2n) is 4.09. The number of aliphatic hydroxyl groups is 1. The molecule has 12 heavy (non-hydrogen) atoms. The zero-order chi connectivity index (χ0) is 9.61. The van der Waals surface area contributed by atoms with Gasteiger partial charge in [0.05, 0.1) is 5.60 Å². The lowest BCUT2D eigenvalue weighted by atomic mass is 10.1. The molecule has 2 nitrogen and oxygen atoms in total. The van der Waals surface area contributed by atoms with Gasteiger partial charge in [-0.1, -0.05) is 20.3 Å². The molecule has 0 saturated carbocycles. The maximum absolute atomic E-state index is 9.47. The molecule has 0 bridgehead atoms. The van der Waals surface area contributed by atoms with Crippen LogP contribution in [0.4, 0.5) is 0 Å². The fourth-order valence-corrected chi connectivity index (χ4v) is 1.19. The van der Waals surface area contributed by atoms with Crippen LogP contribution in [0.2, 0.25) is 0 Å². The van der Waals surface area contributed by atoms with Crippen LogP contribution in [0.1, 0.15) is 47.0 Å². The first-order chi connectivity index (χ1) is 5.49. The van der Waals surface area contributed by atoms with E-state index < -0.39 is 5.60 Å². The molecule has 1 atom stereocenters. The monoisotopic (exact) mass is 173 g/mol. The SMILES string of the molecule is CCCC(CC)NCC(C)(C)O. The molecule has 0 fully saturated rings. The Morgan fingerprint density at radius 3 is 2.25 bits per heavy atom. The molecule has 0 amide bonds. The molecule has 0 rings (SSSR count). The number of hydrogen-bond donors (Lipinski definition) is 2. The van der Waals surface area contributed by atoms with Gasteiger partial charge in [-0.05, 0) is 26.7 Å². The summed E-state index contributed by atoms with van der Waals surface area (Å²) in [7, 11) is 0. The third-order valence-corrected chi connectivity index (χ3v) is 1.95. The third kappa shape index (κ3) is 6.62. The van der Waals surface area contributed by atoms with Crippen molar-refractivity contribution < 1.29 is 5.11 Å². The normalized spacial score (nSPS) is 14.8. The largest absolute Gasteiger partial charge is 0.389 e. The van der Waals surface area contributed by atoms with E-state index >= 15 is 0 Å². The van der Waals surface area contributed by atoms with Crippen molar-refractivity contribution in [2.75, 3.05) is 6.54 Å². The van der Waals surface area contributed by atoms with Gasteiger partial charge in [-0.3, -0.25) is 0 Å². The fraction of sp³-hybridized carbons (Fsp3) is 1.00. The molecule has 0 aromatic carbocycles. The molecule has 0 aliphatic heterocycles. The van der Waals surface area contributed by atoms with Gasteiger partial charge in [-0.15, -0.1) is 0 Å². The van der Waals surface area contributed by atoms with E-state index in [9.17, 15) is 5.11 Å². The summed E-state index contributed by atoms with van der Waals surface area (Å²) in [6.07, 6.45) is 3.55. The Morgan fingerprint density at radius 2 is 1.92 bits per heavy atom. The summed E-state index contributed by atoms with van der Waals surface area (Å²) in [5.41, 5.74) is -0.582. The highest BCUT2D eigenvalue weighted by molar-refractivity contribution is 4.73. The summed E-state index contributed by atoms with van der Waals surface area (Å²) in [6.45, 7) is 8.72. The number of rotatable bonds is 6. The lowest BCUT2D eigenvalue weighted by molar-refractivity contribution is 0.0758. The Morgan fingerprint density at radius 1 is 1.33 bits per heavy atom. The van der Waals surface area contributed by atoms with Crippen LogP contribution < -0.4 is 5.32 Å². The van der Waals surface area contributed by atoms with Crippen LogP contribution >= 0.6 is 0 Å². The highest BCUT2D eigenvalue weighted by Crippen LogP contribution is 2.04. The highest BCUT2D eigenvalue weighted by Gasteiger charge is 2.14. The van der Waals surface area contributed by atoms with Gasteiger partial charge in [0, 0.05) is 12.6 Å². The van der Waals surface area contributed by atoms with Gasteiger partial charge in [0.15, 0.2) is 0 Å². The van der Waals surface area contributed by atoms with E-state index in [2.05, 4.69) is 19.2 Å². The van der Waals surface area contributed by atoms with Crippen molar-refractivity contribution in [3.63, 3.8) is 0 Å². The summed E-state index contributed by atoms with van der Waals surface area (Å²) in [5.74, 6) is 0. The highest BCUT2D eigenvalue weighted by atomic mass is 16.3. The van der Waals surface area contributed by atoms with Gasteiger partial charge < -0.3 is 10.4 Å². The van der Waals surface area contributed by atoms with Crippen molar-refractivity contribution in [2.45, 2.75) is 58.6 Å². The fourth-order valence-electron chi connectivity index (χ4n) is 1.19. The van der Waals surface area contributed by atoms with Crippen molar-refractivity contribution >= 4 is 0 Å². The first-order valence-electron chi connectivity index (χ1n) is 4.95. The summed E-state index contributed by atoms with van der Waals surface area (Å²) in [5, 5.41) is 12.8. The zero-order valence-corrected chi connectivity index (χ0v) is 8.85. The van der Waals surface area contributed by atoms with E-state index in [-0.39, 0.29) is 0 Å². The van der Waals surface area contributed by atoms with E-state index in [0.717, 1.165) is 6.42 Å². The maximum Gasteiger partial charge on any atom is 0.0715 e. The summed E-state index contributed by atoms with van der Waals surface area (Å²) >= 11 is 0. The molecule has 0 saturated heterocycles. The molecule has 0 spiro atoms. The molecule has 74 valence electrons. The minimum absolute atomic E-state index is 0.571. The van der Waals surface area contributed by atoms with E-state index in [0.29, 0.717) is 12.6 Å². The standard InChI is InChI=1S/C10H23NO/c1-5-7-9(6-2)11-8-10(3,4)12/h9,11-12H,5-8H2,1-4H3. The lowest BCUT2D eigenvalue weighted by Crippen LogP contribution is -2.40. The van der Waals surface area contributed by atoms with Crippen molar-refractivity contribution in [1.82, 2.24) is 5.32 Å². The summed E-state index contributed by atoms with van der Waals surface area (Å²) < 4.78 is 0. The Labute approximate surface area is 76.4 Å². The van der Waals surface area contributed by atoms with Crippen LogP contribution in [0.5, 0.6) is 0 Å². The molecule has 0 radical (unpaired) electrons. The molecule has 1 unspecified atom stereocenters. The van der Waals surface area contributed by atoms with Gasteiger partial charge in [-0.2, -0.15) is 0 Å². The van der Waals surface area contributed by atoms with Gasteiger partial charge in [0.2, 0.25) is 0 Å². The minimum Gasteiger partial charge on any atom is -0.389 e.